The monoisotopic (exact) mass is 482 g/mol. The summed E-state index contributed by atoms with van der Waals surface area (Å²) in [6, 6.07) is 28.0. The largest absolute Gasteiger partial charge is 0.489 e. The number of nitrogens with one attached hydrogen (secondary N) is 1. The lowest BCUT2D eigenvalue weighted by Crippen LogP contribution is -2.44. The number of carbonyl (C=O) groups is 3. The molecular formula is C29H26N2O5. The van der Waals surface area contributed by atoms with E-state index in [1.54, 1.807) is 24.3 Å². The van der Waals surface area contributed by atoms with Crippen molar-refractivity contribution in [2.45, 2.75) is 25.5 Å². The summed E-state index contributed by atoms with van der Waals surface area (Å²) in [5.74, 6) is -1.58. The number of carboxylic acid groups (broad SMARTS) is 1. The summed E-state index contributed by atoms with van der Waals surface area (Å²) in [4.78, 5) is 34.8. The molecule has 182 valence electrons. The summed E-state index contributed by atoms with van der Waals surface area (Å²) in [5, 5.41) is 13.7. The van der Waals surface area contributed by atoms with Gasteiger partial charge in [0.1, 0.15) is 18.4 Å². The Hall–Kier alpha value is -4.65. The Morgan fingerprint density at radius 1 is 0.833 bits per heavy atom. The van der Waals surface area contributed by atoms with Crippen LogP contribution in [-0.2, 0) is 16.2 Å². The molecule has 4 N–H and O–H groups in total. The number of hydrogen-bond donors (Lipinski definition) is 3. The van der Waals surface area contributed by atoms with Gasteiger partial charge in [-0.25, -0.2) is 0 Å². The maximum absolute atomic E-state index is 12.5. The van der Waals surface area contributed by atoms with Gasteiger partial charge in [-0.05, 0) is 64.2 Å². The van der Waals surface area contributed by atoms with Crippen LogP contribution in [0.15, 0.2) is 91.0 Å². The zero-order valence-electron chi connectivity index (χ0n) is 19.5. The minimum atomic E-state index is -1.06. The first-order valence-electron chi connectivity index (χ1n) is 11.5. The smallest absolute Gasteiger partial charge is 0.303 e. The molecule has 1 atom stereocenters. The standard InChI is InChI=1S/C29H26N2O5/c30-28(34)26(15-16-27(32)33)31-29(35)23-9-7-21(8-10-23)22-11-13-25(14-12-22)36-18-19-5-6-20-3-1-2-4-24(20)17-19/h1-14,17,26H,15-16,18H2,(H2,30,34)(H,31,35)(H,32,33)/t26-/m0/s1. The van der Waals surface area contributed by atoms with Gasteiger partial charge < -0.3 is 20.9 Å². The molecule has 0 heterocycles. The number of ether oxygens (including phenoxy) is 1. The highest BCUT2D eigenvalue weighted by molar-refractivity contribution is 5.97. The summed E-state index contributed by atoms with van der Waals surface area (Å²) in [6.45, 7) is 0.465. The first-order valence-corrected chi connectivity index (χ1v) is 11.5. The van der Waals surface area contributed by atoms with E-state index in [0.29, 0.717) is 12.2 Å². The molecule has 0 aromatic heterocycles. The Labute approximate surface area is 208 Å². The SMILES string of the molecule is NC(=O)[C@H](CCC(=O)O)NC(=O)c1ccc(-c2ccc(OCc3ccc4ccccc4c3)cc2)cc1. The molecule has 4 rings (SSSR count). The fourth-order valence-corrected chi connectivity index (χ4v) is 3.85. The van der Waals surface area contributed by atoms with Gasteiger partial charge in [0.25, 0.3) is 5.91 Å². The van der Waals surface area contributed by atoms with Crippen LogP contribution in [0.2, 0.25) is 0 Å². The fraction of sp³-hybridized carbons (Fsp3) is 0.138. The number of nitrogens with two attached hydrogens (primary N) is 1. The van der Waals surface area contributed by atoms with Crippen LogP contribution in [0.3, 0.4) is 0 Å². The van der Waals surface area contributed by atoms with E-state index in [1.165, 1.54) is 10.8 Å². The molecule has 0 aliphatic rings. The number of aliphatic carboxylic acids is 1. The van der Waals surface area contributed by atoms with Crippen molar-refractivity contribution in [3.05, 3.63) is 102 Å². The molecule has 2 amide bonds. The lowest BCUT2D eigenvalue weighted by Gasteiger charge is -2.14. The molecule has 4 aromatic carbocycles. The van der Waals surface area contributed by atoms with Crippen molar-refractivity contribution in [2.75, 3.05) is 0 Å². The van der Waals surface area contributed by atoms with E-state index in [2.05, 4.69) is 35.6 Å². The van der Waals surface area contributed by atoms with Crippen molar-refractivity contribution in [3.63, 3.8) is 0 Å². The Bertz CT molecular complexity index is 1380. The van der Waals surface area contributed by atoms with Crippen molar-refractivity contribution in [2.24, 2.45) is 5.73 Å². The maximum Gasteiger partial charge on any atom is 0.303 e. The molecule has 0 saturated carbocycles. The van der Waals surface area contributed by atoms with Crippen molar-refractivity contribution >= 4 is 28.6 Å². The minimum absolute atomic E-state index is 0.0657. The number of benzene rings is 4. The highest BCUT2D eigenvalue weighted by Crippen LogP contribution is 2.24. The number of hydrogen-bond acceptors (Lipinski definition) is 4. The summed E-state index contributed by atoms with van der Waals surface area (Å²) in [7, 11) is 0. The van der Waals surface area contributed by atoms with Crippen molar-refractivity contribution in [1.82, 2.24) is 5.32 Å². The molecule has 0 unspecified atom stereocenters. The Morgan fingerprint density at radius 3 is 2.11 bits per heavy atom. The van der Waals surface area contributed by atoms with Crippen LogP contribution in [0.1, 0.15) is 28.8 Å². The van der Waals surface area contributed by atoms with E-state index in [1.807, 2.05) is 36.4 Å². The van der Waals surface area contributed by atoms with Crippen molar-refractivity contribution in [1.29, 1.82) is 0 Å². The molecule has 0 aliphatic heterocycles. The fourth-order valence-electron chi connectivity index (χ4n) is 3.85. The van der Waals surface area contributed by atoms with Crippen molar-refractivity contribution in [3.8, 4) is 16.9 Å². The molecule has 0 radical (unpaired) electrons. The molecule has 7 heteroatoms. The number of fused-ring (bicyclic) bond motifs is 1. The van der Waals surface area contributed by atoms with E-state index < -0.39 is 23.8 Å². The quantitative estimate of drug-likeness (QED) is 0.307. The molecule has 4 aromatic rings. The zero-order valence-corrected chi connectivity index (χ0v) is 19.5. The minimum Gasteiger partial charge on any atom is -0.489 e. The van der Waals surface area contributed by atoms with Gasteiger partial charge in [0.2, 0.25) is 5.91 Å². The normalized spacial score (nSPS) is 11.6. The van der Waals surface area contributed by atoms with Crippen LogP contribution < -0.4 is 15.8 Å². The molecular weight excluding hydrogens is 456 g/mol. The number of rotatable bonds is 10. The average molecular weight is 483 g/mol. The number of amides is 2. The Morgan fingerprint density at radius 2 is 1.47 bits per heavy atom. The lowest BCUT2D eigenvalue weighted by molar-refractivity contribution is -0.137. The van der Waals surface area contributed by atoms with E-state index in [0.717, 1.165) is 22.4 Å². The molecule has 7 nitrogen and oxygen atoms in total. The van der Waals surface area contributed by atoms with Crippen LogP contribution in [-0.4, -0.2) is 28.9 Å². The van der Waals surface area contributed by atoms with Gasteiger partial charge in [-0.15, -0.1) is 0 Å². The lowest BCUT2D eigenvalue weighted by atomic mass is 10.0. The third-order valence-electron chi connectivity index (χ3n) is 5.85. The molecule has 36 heavy (non-hydrogen) atoms. The zero-order chi connectivity index (χ0) is 25.5. The third kappa shape index (κ3) is 6.27. The molecule has 0 bridgehead atoms. The number of primary amides is 1. The highest BCUT2D eigenvalue weighted by Gasteiger charge is 2.20. The predicted molar refractivity (Wildman–Crippen MR) is 137 cm³/mol. The number of carbonyl (C=O) groups excluding carboxylic acids is 2. The van der Waals surface area contributed by atoms with Gasteiger partial charge >= 0.3 is 5.97 Å². The van der Waals surface area contributed by atoms with Gasteiger partial charge in [-0.1, -0.05) is 60.7 Å². The van der Waals surface area contributed by atoms with Crippen LogP contribution in [0.25, 0.3) is 21.9 Å². The molecule has 0 saturated heterocycles. The van der Waals surface area contributed by atoms with Crippen LogP contribution in [0, 0.1) is 0 Å². The second kappa shape index (κ2) is 11.2. The topological polar surface area (TPSA) is 119 Å². The second-order valence-corrected chi connectivity index (χ2v) is 8.43. The second-order valence-electron chi connectivity index (χ2n) is 8.43. The molecule has 0 spiro atoms. The first-order chi connectivity index (χ1) is 17.4. The van der Waals surface area contributed by atoms with Crippen LogP contribution >= 0.6 is 0 Å². The van der Waals surface area contributed by atoms with Crippen LogP contribution in [0.4, 0.5) is 0 Å². The van der Waals surface area contributed by atoms with Crippen LogP contribution in [0.5, 0.6) is 5.75 Å². The summed E-state index contributed by atoms with van der Waals surface area (Å²) < 4.78 is 5.95. The average Bonchev–Trinajstić information content (AvgIpc) is 2.89. The van der Waals surface area contributed by atoms with Gasteiger partial charge in [-0.2, -0.15) is 0 Å². The predicted octanol–water partition coefficient (Wildman–Crippen LogP) is 4.53. The van der Waals surface area contributed by atoms with E-state index in [-0.39, 0.29) is 12.8 Å². The Balaban J connectivity index is 1.35. The van der Waals surface area contributed by atoms with Gasteiger partial charge in [-0.3, -0.25) is 14.4 Å². The van der Waals surface area contributed by atoms with E-state index in [4.69, 9.17) is 15.6 Å². The number of carboxylic acids is 1. The Kier molecular flexibility index (Phi) is 7.60. The summed E-state index contributed by atoms with van der Waals surface area (Å²) in [6.07, 6.45) is -0.335. The first kappa shape index (κ1) is 24.5. The van der Waals surface area contributed by atoms with E-state index >= 15 is 0 Å². The van der Waals surface area contributed by atoms with Gasteiger partial charge in [0, 0.05) is 12.0 Å². The molecule has 0 fully saturated rings. The van der Waals surface area contributed by atoms with Gasteiger partial charge in [0.15, 0.2) is 0 Å². The maximum atomic E-state index is 12.5. The molecule has 0 aliphatic carbocycles. The third-order valence-corrected chi connectivity index (χ3v) is 5.85. The summed E-state index contributed by atoms with van der Waals surface area (Å²) in [5.41, 5.74) is 8.58. The van der Waals surface area contributed by atoms with Gasteiger partial charge in [0.05, 0.1) is 0 Å². The highest BCUT2D eigenvalue weighted by atomic mass is 16.5. The summed E-state index contributed by atoms with van der Waals surface area (Å²) >= 11 is 0. The van der Waals surface area contributed by atoms with E-state index in [9.17, 15) is 14.4 Å². The van der Waals surface area contributed by atoms with Crippen molar-refractivity contribution < 1.29 is 24.2 Å².